The lowest BCUT2D eigenvalue weighted by Gasteiger charge is -2.19. The minimum Gasteiger partial charge on any atom is -0.394 e. The maximum absolute atomic E-state index is 12.1. The molecule has 23 heavy (non-hydrogen) atoms. The largest absolute Gasteiger partial charge is 0.394 e. The monoisotopic (exact) mass is 335 g/mol. The molecule has 0 bridgehead atoms. The molecule has 1 rings (SSSR count). The zero-order valence-electron chi connectivity index (χ0n) is 13.9. The van der Waals surface area contributed by atoms with Crippen molar-refractivity contribution in [1.82, 2.24) is 5.32 Å². The molecule has 0 aliphatic carbocycles. The van der Waals surface area contributed by atoms with E-state index >= 15 is 0 Å². The summed E-state index contributed by atoms with van der Waals surface area (Å²) in [6.07, 6.45) is 0.722. The second kappa shape index (κ2) is 10.1. The van der Waals surface area contributed by atoms with Gasteiger partial charge in [-0.2, -0.15) is 5.26 Å². The van der Waals surface area contributed by atoms with Crippen LogP contribution < -0.4 is 10.6 Å². The molecule has 0 saturated heterocycles. The first-order valence-electron chi connectivity index (χ1n) is 7.76. The second-order valence-electron chi connectivity index (χ2n) is 5.94. The van der Waals surface area contributed by atoms with Gasteiger partial charge in [0.05, 0.1) is 30.3 Å². The van der Waals surface area contributed by atoms with Crippen LogP contribution in [0.15, 0.2) is 29.2 Å². The van der Waals surface area contributed by atoms with E-state index in [1.807, 2.05) is 45.0 Å². The van der Waals surface area contributed by atoms with Gasteiger partial charge in [0.1, 0.15) is 0 Å². The highest BCUT2D eigenvalue weighted by Gasteiger charge is 2.14. The van der Waals surface area contributed by atoms with Gasteiger partial charge in [-0.05, 0) is 31.4 Å². The third-order valence-electron chi connectivity index (χ3n) is 3.16. The lowest BCUT2D eigenvalue weighted by molar-refractivity contribution is 0.214. The van der Waals surface area contributed by atoms with E-state index in [1.165, 1.54) is 0 Å². The molecular weight excluding hydrogens is 310 g/mol. The third kappa shape index (κ3) is 7.40. The predicted octanol–water partition coefficient (Wildman–Crippen LogP) is 3.47. The highest BCUT2D eigenvalue weighted by atomic mass is 32.2. The Bertz CT molecular complexity index is 543. The summed E-state index contributed by atoms with van der Waals surface area (Å²) in [5, 5.41) is 23.8. The van der Waals surface area contributed by atoms with Crippen molar-refractivity contribution in [3.05, 3.63) is 24.3 Å². The molecular formula is C17H25N3O2S. The first-order chi connectivity index (χ1) is 11.0. The van der Waals surface area contributed by atoms with Crippen molar-refractivity contribution in [3.63, 3.8) is 0 Å². The number of amides is 2. The Labute approximate surface area is 142 Å². The molecule has 0 aromatic heterocycles. The molecule has 2 unspecified atom stereocenters. The molecule has 126 valence electrons. The summed E-state index contributed by atoms with van der Waals surface area (Å²) >= 11 is 1.54. The Hall–Kier alpha value is -1.71. The van der Waals surface area contributed by atoms with Crippen molar-refractivity contribution in [2.24, 2.45) is 11.8 Å². The first kappa shape index (κ1) is 19.3. The SMILES string of the molecule is CC(C)CC(CO)NC(=O)Nc1ccccc1SCC(C)C#N. The van der Waals surface area contributed by atoms with Crippen molar-refractivity contribution in [3.8, 4) is 6.07 Å². The van der Waals surface area contributed by atoms with Crippen LogP contribution in [-0.4, -0.2) is 29.5 Å². The molecule has 0 aliphatic rings. The van der Waals surface area contributed by atoms with Gasteiger partial charge in [-0.25, -0.2) is 4.79 Å². The first-order valence-corrected chi connectivity index (χ1v) is 8.74. The summed E-state index contributed by atoms with van der Waals surface area (Å²) in [5.41, 5.74) is 0.710. The number of thioether (sulfide) groups is 1. The summed E-state index contributed by atoms with van der Waals surface area (Å²) in [4.78, 5) is 13.0. The van der Waals surface area contributed by atoms with Crippen LogP contribution in [0.3, 0.4) is 0 Å². The van der Waals surface area contributed by atoms with Crippen molar-refractivity contribution in [2.45, 2.75) is 38.1 Å². The van der Waals surface area contributed by atoms with Gasteiger partial charge in [-0.1, -0.05) is 26.0 Å². The number of carbonyl (C=O) groups excluding carboxylic acids is 1. The zero-order valence-corrected chi connectivity index (χ0v) is 14.7. The van der Waals surface area contributed by atoms with Gasteiger partial charge in [0.15, 0.2) is 0 Å². The number of nitrogens with one attached hydrogen (secondary N) is 2. The van der Waals surface area contributed by atoms with Crippen LogP contribution in [0.4, 0.5) is 10.5 Å². The summed E-state index contributed by atoms with van der Waals surface area (Å²) in [7, 11) is 0. The van der Waals surface area contributed by atoms with Crippen LogP contribution in [0, 0.1) is 23.2 Å². The fourth-order valence-corrected chi connectivity index (χ4v) is 2.99. The predicted molar refractivity (Wildman–Crippen MR) is 94.4 cm³/mol. The van der Waals surface area contributed by atoms with Gasteiger partial charge < -0.3 is 15.7 Å². The van der Waals surface area contributed by atoms with Crippen molar-refractivity contribution < 1.29 is 9.90 Å². The van der Waals surface area contributed by atoms with E-state index in [4.69, 9.17) is 5.26 Å². The average molecular weight is 335 g/mol. The maximum atomic E-state index is 12.1. The molecule has 0 heterocycles. The molecule has 1 aromatic carbocycles. The minimum atomic E-state index is -0.328. The van der Waals surface area contributed by atoms with E-state index < -0.39 is 0 Å². The normalized spacial score (nSPS) is 13.2. The van der Waals surface area contributed by atoms with Crippen molar-refractivity contribution in [2.75, 3.05) is 17.7 Å². The van der Waals surface area contributed by atoms with E-state index in [1.54, 1.807) is 11.8 Å². The number of benzene rings is 1. The van der Waals surface area contributed by atoms with Crippen LogP contribution in [0.2, 0.25) is 0 Å². The molecule has 0 radical (unpaired) electrons. The van der Waals surface area contributed by atoms with Gasteiger partial charge in [0, 0.05) is 10.6 Å². The van der Waals surface area contributed by atoms with Crippen molar-refractivity contribution in [1.29, 1.82) is 5.26 Å². The number of hydrogen-bond donors (Lipinski definition) is 3. The number of aliphatic hydroxyl groups excluding tert-OH is 1. The van der Waals surface area contributed by atoms with E-state index in [-0.39, 0.29) is 24.6 Å². The molecule has 0 spiro atoms. The number of hydrogen-bond acceptors (Lipinski definition) is 4. The Balaban J connectivity index is 2.65. The van der Waals surface area contributed by atoms with Gasteiger partial charge in [0.2, 0.25) is 0 Å². The van der Waals surface area contributed by atoms with Crippen LogP contribution in [0.25, 0.3) is 0 Å². The van der Waals surface area contributed by atoms with Crippen molar-refractivity contribution >= 4 is 23.5 Å². The quantitative estimate of drug-likeness (QED) is 0.635. The molecule has 0 aliphatic heterocycles. The number of anilines is 1. The van der Waals surface area contributed by atoms with Gasteiger partial charge >= 0.3 is 6.03 Å². The molecule has 0 fully saturated rings. The number of carbonyl (C=O) groups is 1. The third-order valence-corrected chi connectivity index (χ3v) is 4.49. The number of rotatable bonds is 8. The lowest BCUT2D eigenvalue weighted by Crippen LogP contribution is -2.41. The van der Waals surface area contributed by atoms with Gasteiger partial charge in [-0.15, -0.1) is 11.8 Å². The number of nitriles is 1. The molecule has 0 saturated carbocycles. The van der Waals surface area contributed by atoms with E-state index in [0.29, 0.717) is 17.4 Å². The molecule has 1 aromatic rings. The van der Waals surface area contributed by atoms with Crippen LogP contribution in [0.1, 0.15) is 27.2 Å². The zero-order chi connectivity index (χ0) is 17.2. The molecule has 2 amide bonds. The Morgan fingerprint density at radius 1 is 1.35 bits per heavy atom. The fourth-order valence-electron chi connectivity index (χ4n) is 2.04. The Kier molecular flexibility index (Phi) is 8.52. The summed E-state index contributed by atoms with van der Waals surface area (Å²) in [6, 6.07) is 9.12. The Morgan fingerprint density at radius 2 is 2.04 bits per heavy atom. The average Bonchev–Trinajstić information content (AvgIpc) is 2.52. The number of para-hydroxylation sites is 1. The summed E-state index contributed by atoms with van der Waals surface area (Å²) < 4.78 is 0. The highest BCUT2D eigenvalue weighted by molar-refractivity contribution is 7.99. The van der Waals surface area contributed by atoms with Gasteiger partial charge in [-0.3, -0.25) is 0 Å². The molecule has 2 atom stereocenters. The molecule has 3 N–H and O–H groups in total. The number of aliphatic hydroxyl groups is 1. The van der Waals surface area contributed by atoms with Gasteiger partial charge in [0.25, 0.3) is 0 Å². The van der Waals surface area contributed by atoms with E-state index in [9.17, 15) is 9.90 Å². The fraction of sp³-hybridized carbons (Fsp3) is 0.529. The standard InChI is InChI=1S/C17H25N3O2S/c1-12(2)8-14(10-21)19-17(22)20-15-6-4-5-7-16(15)23-11-13(3)9-18/h4-7,12-14,21H,8,10-11H2,1-3H3,(H2,19,20,22). The number of urea groups is 1. The maximum Gasteiger partial charge on any atom is 0.319 e. The topological polar surface area (TPSA) is 85.2 Å². The van der Waals surface area contributed by atoms with E-state index in [2.05, 4.69) is 16.7 Å². The molecule has 6 heteroatoms. The minimum absolute atomic E-state index is 0.0494. The van der Waals surface area contributed by atoms with Crippen LogP contribution in [-0.2, 0) is 0 Å². The number of nitrogens with zero attached hydrogens (tertiary/aromatic N) is 1. The summed E-state index contributed by atoms with van der Waals surface area (Å²) in [6.45, 7) is 5.88. The van der Waals surface area contributed by atoms with E-state index in [0.717, 1.165) is 11.3 Å². The molecule has 5 nitrogen and oxygen atoms in total. The summed E-state index contributed by atoms with van der Waals surface area (Å²) in [5.74, 6) is 1.01. The van der Waals surface area contributed by atoms with Crippen LogP contribution in [0.5, 0.6) is 0 Å². The lowest BCUT2D eigenvalue weighted by atomic mass is 10.0. The highest BCUT2D eigenvalue weighted by Crippen LogP contribution is 2.28. The van der Waals surface area contributed by atoms with Crippen LogP contribution >= 0.6 is 11.8 Å². The smallest absolute Gasteiger partial charge is 0.319 e. The Morgan fingerprint density at radius 3 is 2.65 bits per heavy atom. The second-order valence-corrected chi connectivity index (χ2v) is 7.01.